The van der Waals surface area contributed by atoms with Crippen molar-refractivity contribution in [3.63, 3.8) is 0 Å². The van der Waals surface area contributed by atoms with Crippen LogP contribution in [0.5, 0.6) is 5.75 Å². The molecule has 4 heteroatoms. The number of ether oxygens (including phenoxy) is 1. The molecular formula is C19H22N2O2. The van der Waals surface area contributed by atoms with Gasteiger partial charge in [0, 0.05) is 5.56 Å². The van der Waals surface area contributed by atoms with E-state index in [0.29, 0.717) is 5.56 Å². The van der Waals surface area contributed by atoms with E-state index in [1.165, 1.54) is 0 Å². The largest absolute Gasteiger partial charge is 0.491 e. The van der Waals surface area contributed by atoms with Crippen LogP contribution in [0.3, 0.4) is 0 Å². The summed E-state index contributed by atoms with van der Waals surface area (Å²) < 4.78 is 5.60. The summed E-state index contributed by atoms with van der Waals surface area (Å²) in [5.41, 5.74) is 5.96. The molecule has 1 amide bonds. The minimum Gasteiger partial charge on any atom is -0.491 e. The second-order valence-electron chi connectivity index (χ2n) is 5.70. The number of hydrazone groups is 1. The monoisotopic (exact) mass is 310 g/mol. The number of aryl methyl sites for hydroxylation is 1. The predicted molar refractivity (Wildman–Crippen MR) is 93.1 cm³/mol. The van der Waals surface area contributed by atoms with Gasteiger partial charge in [-0.3, -0.25) is 4.79 Å². The lowest BCUT2D eigenvalue weighted by atomic mass is 10.1. The highest BCUT2D eigenvalue weighted by atomic mass is 16.5. The molecule has 0 aliphatic rings. The Labute approximate surface area is 137 Å². The van der Waals surface area contributed by atoms with Crippen molar-refractivity contribution in [2.75, 3.05) is 0 Å². The highest BCUT2D eigenvalue weighted by Crippen LogP contribution is 2.14. The van der Waals surface area contributed by atoms with Crippen LogP contribution in [0.1, 0.15) is 42.3 Å². The average Bonchev–Trinajstić information content (AvgIpc) is 2.53. The number of amides is 1. The van der Waals surface area contributed by atoms with Crippen LogP contribution in [0.4, 0.5) is 0 Å². The highest BCUT2D eigenvalue weighted by Gasteiger charge is 2.05. The maximum Gasteiger partial charge on any atom is 0.271 e. The minimum absolute atomic E-state index is 0.143. The van der Waals surface area contributed by atoms with Crippen LogP contribution >= 0.6 is 0 Å². The molecule has 0 aliphatic carbocycles. The molecule has 4 nitrogen and oxygen atoms in total. The van der Waals surface area contributed by atoms with Crippen LogP contribution in [0.25, 0.3) is 0 Å². The van der Waals surface area contributed by atoms with E-state index >= 15 is 0 Å². The van der Waals surface area contributed by atoms with Gasteiger partial charge in [-0.2, -0.15) is 5.10 Å². The zero-order valence-corrected chi connectivity index (χ0v) is 14.0. The van der Waals surface area contributed by atoms with Crippen LogP contribution < -0.4 is 10.2 Å². The van der Waals surface area contributed by atoms with E-state index in [4.69, 9.17) is 4.74 Å². The van der Waals surface area contributed by atoms with E-state index in [9.17, 15) is 4.79 Å². The van der Waals surface area contributed by atoms with Crippen molar-refractivity contribution < 1.29 is 9.53 Å². The van der Waals surface area contributed by atoms with Crippen molar-refractivity contribution in [3.05, 3.63) is 65.2 Å². The van der Waals surface area contributed by atoms with Crippen LogP contribution in [0, 0.1) is 6.92 Å². The molecular weight excluding hydrogens is 288 g/mol. The summed E-state index contributed by atoms with van der Waals surface area (Å²) in [4.78, 5) is 12.0. The van der Waals surface area contributed by atoms with E-state index < -0.39 is 0 Å². The lowest BCUT2D eigenvalue weighted by Gasteiger charge is -2.10. The summed E-state index contributed by atoms with van der Waals surface area (Å²) in [7, 11) is 0. The SMILES string of the molecule is C/C(=N/NC(=O)c1ccc(C)cc1)c1ccc(OC(C)C)cc1. The van der Waals surface area contributed by atoms with Gasteiger partial charge in [0.25, 0.3) is 5.91 Å². The van der Waals surface area contributed by atoms with Gasteiger partial charge >= 0.3 is 0 Å². The lowest BCUT2D eigenvalue weighted by molar-refractivity contribution is 0.0955. The maximum atomic E-state index is 12.0. The summed E-state index contributed by atoms with van der Waals surface area (Å²) in [6.07, 6.45) is 0.143. The van der Waals surface area contributed by atoms with Gasteiger partial charge in [-0.1, -0.05) is 17.7 Å². The third kappa shape index (κ3) is 4.95. The number of rotatable bonds is 5. The highest BCUT2D eigenvalue weighted by molar-refractivity contribution is 6.00. The quantitative estimate of drug-likeness (QED) is 0.672. The summed E-state index contributed by atoms with van der Waals surface area (Å²) >= 11 is 0. The van der Waals surface area contributed by atoms with Gasteiger partial charge in [0.05, 0.1) is 11.8 Å². The second kappa shape index (κ2) is 7.58. The molecule has 120 valence electrons. The Kier molecular flexibility index (Phi) is 5.52. The van der Waals surface area contributed by atoms with Gasteiger partial charge < -0.3 is 4.74 Å². The number of nitrogens with one attached hydrogen (secondary N) is 1. The molecule has 2 rings (SSSR count). The third-order valence-electron chi connectivity index (χ3n) is 3.28. The minimum atomic E-state index is -0.218. The fourth-order valence-electron chi connectivity index (χ4n) is 2.02. The summed E-state index contributed by atoms with van der Waals surface area (Å²) in [6.45, 7) is 7.81. The second-order valence-corrected chi connectivity index (χ2v) is 5.70. The van der Waals surface area contributed by atoms with E-state index in [-0.39, 0.29) is 12.0 Å². The molecule has 0 radical (unpaired) electrons. The molecule has 0 saturated carbocycles. The molecule has 0 aliphatic heterocycles. The van der Waals surface area contributed by atoms with Gasteiger partial charge in [-0.15, -0.1) is 0 Å². The molecule has 0 saturated heterocycles. The number of carbonyl (C=O) groups is 1. The van der Waals surface area contributed by atoms with Crippen molar-refractivity contribution in [1.29, 1.82) is 0 Å². The van der Waals surface area contributed by atoms with E-state index in [1.807, 2.05) is 64.1 Å². The van der Waals surface area contributed by atoms with E-state index in [2.05, 4.69) is 10.5 Å². The van der Waals surface area contributed by atoms with Gasteiger partial charge in [-0.05, 0) is 69.7 Å². The molecule has 0 spiro atoms. The van der Waals surface area contributed by atoms with Gasteiger partial charge in [0.1, 0.15) is 5.75 Å². The first-order chi connectivity index (χ1) is 11.0. The summed E-state index contributed by atoms with van der Waals surface area (Å²) in [6, 6.07) is 15.0. The Hall–Kier alpha value is -2.62. The van der Waals surface area contributed by atoms with Crippen molar-refractivity contribution in [2.24, 2.45) is 5.10 Å². The number of nitrogens with zero attached hydrogens (tertiary/aromatic N) is 1. The molecule has 0 bridgehead atoms. The normalized spacial score (nSPS) is 11.4. The number of benzene rings is 2. The maximum absolute atomic E-state index is 12.0. The van der Waals surface area contributed by atoms with Crippen molar-refractivity contribution in [1.82, 2.24) is 5.43 Å². The average molecular weight is 310 g/mol. The zero-order valence-electron chi connectivity index (χ0n) is 14.0. The fourth-order valence-corrected chi connectivity index (χ4v) is 2.02. The van der Waals surface area contributed by atoms with Crippen LogP contribution in [-0.4, -0.2) is 17.7 Å². The summed E-state index contributed by atoms with van der Waals surface area (Å²) in [5.74, 6) is 0.601. The van der Waals surface area contributed by atoms with Gasteiger partial charge in [-0.25, -0.2) is 5.43 Å². The van der Waals surface area contributed by atoms with Gasteiger partial charge in [0.2, 0.25) is 0 Å². The molecule has 0 atom stereocenters. The Morgan fingerprint density at radius 1 is 1.00 bits per heavy atom. The van der Waals surface area contributed by atoms with Crippen LogP contribution in [0.15, 0.2) is 53.6 Å². The van der Waals surface area contributed by atoms with Gasteiger partial charge in [0.15, 0.2) is 0 Å². The fraction of sp³-hybridized carbons (Fsp3) is 0.263. The topological polar surface area (TPSA) is 50.7 Å². The van der Waals surface area contributed by atoms with Crippen LogP contribution in [-0.2, 0) is 0 Å². The number of carbonyl (C=O) groups excluding carboxylic acids is 1. The number of hydrogen-bond donors (Lipinski definition) is 1. The van der Waals surface area contributed by atoms with Crippen molar-refractivity contribution >= 4 is 11.6 Å². The molecule has 2 aromatic carbocycles. The van der Waals surface area contributed by atoms with Crippen molar-refractivity contribution in [2.45, 2.75) is 33.8 Å². The first-order valence-electron chi connectivity index (χ1n) is 7.64. The van der Waals surface area contributed by atoms with Crippen molar-refractivity contribution in [3.8, 4) is 5.75 Å². The molecule has 0 unspecified atom stereocenters. The molecule has 0 fully saturated rings. The first kappa shape index (κ1) is 16.7. The predicted octanol–water partition coefficient (Wildman–Crippen LogP) is 3.94. The smallest absolute Gasteiger partial charge is 0.271 e. The standard InChI is InChI=1S/C19H22N2O2/c1-13(2)23-18-11-9-16(10-12-18)15(4)20-21-19(22)17-7-5-14(3)6-8-17/h5-13H,1-4H3,(H,21,22)/b20-15-. The zero-order chi connectivity index (χ0) is 16.8. The Bertz CT molecular complexity index is 686. The molecule has 23 heavy (non-hydrogen) atoms. The summed E-state index contributed by atoms with van der Waals surface area (Å²) in [5, 5.41) is 4.16. The number of hydrogen-bond acceptors (Lipinski definition) is 3. The lowest BCUT2D eigenvalue weighted by Crippen LogP contribution is -2.19. The molecule has 0 heterocycles. The first-order valence-corrected chi connectivity index (χ1v) is 7.64. The molecule has 1 N–H and O–H groups in total. The molecule has 0 aromatic heterocycles. The third-order valence-corrected chi connectivity index (χ3v) is 3.28. The Morgan fingerprint density at radius 3 is 2.13 bits per heavy atom. The van der Waals surface area contributed by atoms with E-state index in [1.54, 1.807) is 12.1 Å². The Balaban J connectivity index is 2.01. The van der Waals surface area contributed by atoms with E-state index in [0.717, 1.165) is 22.6 Å². The molecule has 2 aromatic rings. The Morgan fingerprint density at radius 2 is 1.57 bits per heavy atom. The van der Waals surface area contributed by atoms with Crippen LogP contribution in [0.2, 0.25) is 0 Å².